The molecule has 162 valence electrons. The van der Waals surface area contributed by atoms with Crippen LogP contribution in [-0.2, 0) is 0 Å². The van der Waals surface area contributed by atoms with E-state index in [-0.39, 0.29) is 0 Å². The predicted molar refractivity (Wildman–Crippen MR) is 153 cm³/mol. The average Bonchev–Trinajstić information content (AvgIpc) is 3.43. The number of rotatable bonds is 2. The molecule has 0 aliphatic rings. The first kappa shape index (κ1) is 20.0. The van der Waals surface area contributed by atoms with E-state index in [1.807, 2.05) is 22.7 Å². The highest BCUT2D eigenvalue weighted by atomic mass is 32.1. The van der Waals surface area contributed by atoms with Gasteiger partial charge in [0, 0.05) is 41.1 Å². The van der Waals surface area contributed by atoms with Crippen LogP contribution in [0.15, 0.2) is 97.1 Å². The summed E-state index contributed by atoms with van der Waals surface area (Å²) >= 11 is 3.84. The third-order valence-electron chi connectivity index (χ3n) is 6.78. The molecule has 2 heterocycles. The third-order valence-corrected chi connectivity index (χ3v) is 8.92. The minimum atomic E-state index is 1.29. The SMILES string of the molecule is Cc1cc2c(-c3ccc4ccccc4c3)c3sc(C)cc3c(-c3ccc4ccccc4c3)c2s1. The molecule has 0 nitrogen and oxygen atoms in total. The third kappa shape index (κ3) is 3.03. The number of hydrogen-bond donors (Lipinski definition) is 0. The van der Waals surface area contributed by atoms with Gasteiger partial charge < -0.3 is 0 Å². The average molecular weight is 471 g/mol. The highest BCUT2D eigenvalue weighted by molar-refractivity contribution is 7.21. The zero-order valence-corrected chi connectivity index (χ0v) is 20.7. The Morgan fingerprint density at radius 1 is 0.441 bits per heavy atom. The van der Waals surface area contributed by atoms with Crippen LogP contribution in [-0.4, -0.2) is 0 Å². The molecule has 0 fully saturated rings. The molecular weight excluding hydrogens is 448 g/mol. The zero-order chi connectivity index (χ0) is 22.8. The second kappa shape index (κ2) is 7.53. The Kier molecular flexibility index (Phi) is 4.42. The van der Waals surface area contributed by atoms with Crippen molar-refractivity contribution in [1.29, 1.82) is 0 Å². The summed E-state index contributed by atoms with van der Waals surface area (Å²) in [4.78, 5) is 2.71. The molecule has 2 aromatic heterocycles. The van der Waals surface area contributed by atoms with Gasteiger partial charge in [0.1, 0.15) is 0 Å². The van der Waals surface area contributed by atoms with Gasteiger partial charge in [0.15, 0.2) is 0 Å². The van der Waals surface area contributed by atoms with E-state index in [1.165, 1.54) is 73.7 Å². The molecule has 0 atom stereocenters. The largest absolute Gasteiger partial charge is 0.140 e. The van der Waals surface area contributed by atoms with E-state index < -0.39 is 0 Å². The van der Waals surface area contributed by atoms with Crippen LogP contribution in [0.25, 0.3) is 64.0 Å². The zero-order valence-electron chi connectivity index (χ0n) is 19.1. The number of hydrogen-bond acceptors (Lipinski definition) is 2. The maximum absolute atomic E-state index is 2.39. The van der Waals surface area contributed by atoms with Crippen LogP contribution in [0.4, 0.5) is 0 Å². The second-order valence-corrected chi connectivity index (χ2v) is 11.6. The molecule has 0 radical (unpaired) electrons. The van der Waals surface area contributed by atoms with E-state index in [9.17, 15) is 0 Å². The summed E-state index contributed by atoms with van der Waals surface area (Å²) in [5, 5.41) is 7.90. The molecule has 34 heavy (non-hydrogen) atoms. The minimum absolute atomic E-state index is 1.29. The summed E-state index contributed by atoms with van der Waals surface area (Å²) < 4.78 is 2.78. The van der Waals surface area contributed by atoms with Gasteiger partial charge in [-0.2, -0.15) is 0 Å². The fourth-order valence-electron chi connectivity index (χ4n) is 5.28. The van der Waals surface area contributed by atoms with Gasteiger partial charge in [0.2, 0.25) is 0 Å². The number of benzene rings is 5. The molecular formula is C32H22S2. The molecule has 0 aliphatic heterocycles. The van der Waals surface area contributed by atoms with E-state index in [0.29, 0.717) is 0 Å². The van der Waals surface area contributed by atoms with E-state index in [0.717, 1.165) is 0 Å². The smallest absolute Gasteiger partial charge is 0.0437 e. The first-order chi connectivity index (χ1) is 16.7. The van der Waals surface area contributed by atoms with E-state index in [4.69, 9.17) is 0 Å². The van der Waals surface area contributed by atoms with Crippen molar-refractivity contribution in [2.24, 2.45) is 0 Å². The fraction of sp³-hybridized carbons (Fsp3) is 0.0625. The van der Waals surface area contributed by atoms with Crippen LogP contribution in [0.3, 0.4) is 0 Å². The van der Waals surface area contributed by atoms with Gasteiger partial charge in [-0.15, -0.1) is 22.7 Å². The normalized spacial score (nSPS) is 11.8. The van der Waals surface area contributed by atoms with Gasteiger partial charge >= 0.3 is 0 Å². The van der Waals surface area contributed by atoms with Crippen LogP contribution in [0.2, 0.25) is 0 Å². The number of aryl methyl sites for hydroxylation is 2. The van der Waals surface area contributed by atoms with Crippen LogP contribution in [0.5, 0.6) is 0 Å². The van der Waals surface area contributed by atoms with Crippen LogP contribution >= 0.6 is 22.7 Å². The molecule has 0 N–H and O–H groups in total. The molecule has 0 bridgehead atoms. The molecule has 7 rings (SSSR count). The van der Waals surface area contributed by atoms with Crippen molar-refractivity contribution < 1.29 is 0 Å². The molecule has 7 aromatic rings. The number of thiophene rings is 2. The summed E-state index contributed by atoms with van der Waals surface area (Å²) in [6, 6.07) is 35.9. The van der Waals surface area contributed by atoms with Crippen molar-refractivity contribution in [3.8, 4) is 22.3 Å². The minimum Gasteiger partial charge on any atom is -0.140 e. The highest BCUT2D eigenvalue weighted by Gasteiger charge is 2.20. The topological polar surface area (TPSA) is 0 Å². The van der Waals surface area contributed by atoms with Gasteiger partial charge in [-0.05, 0) is 70.8 Å². The molecule has 0 saturated heterocycles. The van der Waals surface area contributed by atoms with E-state index in [2.05, 4.69) is 111 Å². The number of fused-ring (bicyclic) bond motifs is 4. The predicted octanol–water partition coefficient (Wildman–Crippen LogP) is 10.4. The van der Waals surface area contributed by atoms with Gasteiger partial charge in [0.25, 0.3) is 0 Å². The van der Waals surface area contributed by atoms with Crippen molar-refractivity contribution in [3.05, 3.63) is 107 Å². The first-order valence-corrected chi connectivity index (χ1v) is 13.2. The van der Waals surface area contributed by atoms with Crippen LogP contribution in [0, 0.1) is 13.8 Å². The second-order valence-electron chi connectivity index (χ2n) is 9.07. The fourth-order valence-corrected chi connectivity index (χ4v) is 7.48. The molecule has 0 amide bonds. The van der Waals surface area contributed by atoms with Gasteiger partial charge in [-0.1, -0.05) is 72.8 Å². The Morgan fingerprint density at radius 2 is 0.853 bits per heavy atom. The summed E-state index contributed by atoms with van der Waals surface area (Å²) in [6.45, 7) is 4.47. The van der Waals surface area contributed by atoms with Gasteiger partial charge in [-0.3, -0.25) is 0 Å². The van der Waals surface area contributed by atoms with Gasteiger partial charge in [0.05, 0.1) is 0 Å². The van der Waals surface area contributed by atoms with E-state index in [1.54, 1.807) is 0 Å². The lowest BCUT2D eigenvalue weighted by atomic mass is 9.92. The lowest BCUT2D eigenvalue weighted by Crippen LogP contribution is -1.86. The molecule has 0 aliphatic carbocycles. The first-order valence-electron chi connectivity index (χ1n) is 11.6. The standard InChI is InChI=1S/C32H22S2/c1-19-15-27-29(25-13-11-21-7-3-5-9-23(21)17-25)32-28(16-20(2)34-32)30(31(27)33-19)26-14-12-22-8-4-6-10-24(22)18-26/h3-18H,1-2H3. The molecule has 0 saturated carbocycles. The lowest BCUT2D eigenvalue weighted by molar-refractivity contribution is 1.65. The summed E-state index contributed by atoms with van der Waals surface area (Å²) in [5.41, 5.74) is 5.36. The Balaban J connectivity index is 1.60. The summed E-state index contributed by atoms with van der Waals surface area (Å²) in [7, 11) is 0. The summed E-state index contributed by atoms with van der Waals surface area (Å²) in [5.74, 6) is 0. The van der Waals surface area contributed by atoms with Crippen molar-refractivity contribution in [1.82, 2.24) is 0 Å². The molecule has 5 aromatic carbocycles. The molecule has 0 unspecified atom stereocenters. The Morgan fingerprint density at radius 3 is 1.29 bits per heavy atom. The molecule has 0 spiro atoms. The quantitative estimate of drug-likeness (QED) is 0.236. The van der Waals surface area contributed by atoms with Crippen molar-refractivity contribution >= 4 is 64.4 Å². The monoisotopic (exact) mass is 470 g/mol. The molecule has 2 heteroatoms. The van der Waals surface area contributed by atoms with Crippen molar-refractivity contribution in [2.75, 3.05) is 0 Å². The van der Waals surface area contributed by atoms with Gasteiger partial charge in [-0.25, -0.2) is 0 Å². The highest BCUT2D eigenvalue weighted by Crippen LogP contribution is 2.49. The maximum atomic E-state index is 2.39. The Hall–Kier alpha value is -3.46. The lowest BCUT2D eigenvalue weighted by Gasteiger charge is -2.13. The summed E-state index contributed by atoms with van der Waals surface area (Å²) in [6.07, 6.45) is 0. The Bertz CT molecular complexity index is 1690. The Labute approximate surface area is 206 Å². The van der Waals surface area contributed by atoms with Crippen LogP contribution < -0.4 is 0 Å². The van der Waals surface area contributed by atoms with Crippen molar-refractivity contribution in [2.45, 2.75) is 13.8 Å². The van der Waals surface area contributed by atoms with Crippen molar-refractivity contribution in [3.63, 3.8) is 0 Å². The maximum Gasteiger partial charge on any atom is 0.0437 e. The van der Waals surface area contributed by atoms with Crippen LogP contribution in [0.1, 0.15) is 9.75 Å². The van der Waals surface area contributed by atoms with E-state index >= 15 is 0 Å².